The third kappa shape index (κ3) is 10.4. The summed E-state index contributed by atoms with van der Waals surface area (Å²) in [4.78, 5) is 58.9. The van der Waals surface area contributed by atoms with Crippen molar-refractivity contribution in [1.82, 2.24) is 16.0 Å². The maximum atomic E-state index is 12.5. The van der Waals surface area contributed by atoms with Gasteiger partial charge in [-0.15, -0.1) is 0 Å². The molecule has 0 spiro atoms. The Labute approximate surface area is 168 Å². The first-order chi connectivity index (χ1) is 13.5. The van der Waals surface area contributed by atoms with Gasteiger partial charge in [-0.05, 0) is 31.7 Å². The number of hydrogen-bond donors (Lipinski definition) is 7. The number of aliphatic carboxylic acids is 2. The van der Waals surface area contributed by atoms with E-state index in [1.54, 1.807) is 13.8 Å². The summed E-state index contributed by atoms with van der Waals surface area (Å²) in [5.41, 5.74) is 10.6. The lowest BCUT2D eigenvalue weighted by atomic mass is 10.0. The highest BCUT2D eigenvalue weighted by atomic mass is 16.4. The summed E-state index contributed by atoms with van der Waals surface area (Å²) in [6.45, 7) is 3.30. The maximum Gasteiger partial charge on any atom is 0.326 e. The van der Waals surface area contributed by atoms with Crippen LogP contribution in [0.4, 0.5) is 0 Å². The van der Waals surface area contributed by atoms with Gasteiger partial charge in [0, 0.05) is 0 Å². The molecule has 3 amide bonds. The third-order valence-corrected chi connectivity index (χ3v) is 4.02. The highest BCUT2D eigenvalue weighted by molar-refractivity contribution is 5.95. The zero-order valence-corrected chi connectivity index (χ0v) is 16.6. The molecular weight excluding hydrogens is 386 g/mol. The van der Waals surface area contributed by atoms with Crippen LogP contribution in [0.2, 0.25) is 0 Å². The molecule has 12 nitrogen and oxygen atoms in total. The Bertz CT molecular complexity index is 597. The standard InChI is InChI=1S/C17H31N5O7/c1-9(2)14(22-12(23)8-19)16(27)21-11(7-13(24)25)15(26)20-10(17(28)29)5-3-4-6-18/h9-11,14H,3-8,18-19H2,1-2H3,(H,20,26)(H,21,27)(H,22,23)(H,24,25)(H,28,29). The maximum absolute atomic E-state index is 12.5. The number of nitrogens with two attached hydrogens (primary N) is 2. The first-order valence-corrected chi connectivity index (χ1v) is 9.28. The van der Waals surface area contributed by atoms with Crippen LogP contribution in [0.5, 0.6) is 0 Å². The summed E-state index contributed by atoms with van der Waals surface area (Å²) >= 11 is 0. The van der Waals surface area contributed by atoms with Crippen LogP contribution in [-0.4, -0.2) is 71.1 Å². The van der Waals surface area contributed by atoms with E-state index >= 15 is 0 Å². The molecule has 0 fully saturated rings. The van der Waals surface area contributed by atoms with Crippen LogP contribution in [0, 0.1) is 5.92 Å². The largest absolute Gasteiger partial charge is 0.481 e. The normalized spacial score (nSPS) is 13.8. The summed E-state index contributed by atoms with van der Waals surface area (Å²) in [6, 6.07) is -3.82. The minimum absolute atomic E-state index is 0.104. The SMILES string of the molecule is CC(C)C(NC(=O)CN)C(=O)NC(CC(=O)O)C(=O)NC(CCCCN)C(=O)O. The zero-order chi connectivity index (χ0) is 22.6. The molecule has 12 heteroatoms. The topological polar surface area (TPSA) is 214 Å². The average Bonchev–Trinajstić information content (AvgIpc) is 2.63. The first-order valence-electron chi connectivity index (χ1n) is 9.28. The number of carboxylic acids is 2. The van der Waals surface area contributed by atoms with E-state index in [9.17, 15) is 29.1 Å². The molecule has 3 unspecified atom stereocenters. The van der Waals surface area contributed by atoms with E-state index in [0.717, 1.165) is 0 Å². The minimum Gasteiger partial charge on any atom is -0.481 e. The molecular formula is C17H31N5O7. The molecule has 0 aliphatic rings. The Hall–Kier alpha value is -2.73. The average molecular weight is 417 g/mol. The summed E-state index contributed by atoms with van der Waals surface area (Å²) < 4.78 is 0. The molecule has 0 aliphatic heterocycles. The van der Waals surface area contributed by atoms with Crippen molar-refractivity contribution in [3.8, 4) is 0 Å². The number of unbranched alkanes of at least 4 members (excludes halogenated alkanes) is 1. The Morgan fingerprint density at radius 3 is 1.90 bits per heavy atom. The van der Waals surface area contributed by atoms with Gasteiger partial charge in [0.25, 0.3) is 0 Å². The molecule has 29 heavy (non-hydrogen) atoms. The first kappa shape index (κ1) is 26.3. The van der Waals surface area contributed by atoms with E-state index in [-0.39, 0.29) is 18.9 Å². The Morgan fingerprint density at radius 2 is 1.45 bits per heavy atom. The van der Waals surface area contributed by atoms with Crippen molar-refractivity contribution in [2.24, 2.45) is 17.4 Å². The van der Waals surface area contributed by atoms with E-state index < -0.39 is 54.2 Å². The van der Waals surface area contributed by atoms with Crippen LogP contribution in [0.1, 0.15) is 39.5 Å². The molecule has 0 heterocycles. The van der Waals surface area contributed by atoms with E-state index in [4.69, 9.17) is 16.6 Å². The van der Waals surface area contributed by atoms with Crippen molar-refractivity contribution in [3.05, 3.63) is 0 Å². The quantitative estimate of drug-likeness (QED) is 0.152. The predicted octanol–water partition coefficient (Wildman–Crippen LogP) is -2.26. The van der Waals surface area contributed by atoms with Gasteiger partial charge in [-0.2, -0.15) is 0 Å². The van der Waals surface area contributed by atoms with E-state index in [1.165, 1.54) is 0 Å². The Kier molecular flexibility index (Phi) is 12.2. The lowest BCUT2D eigenvalue weighted by molar-refractivity contribution is -0.143. The molecule has 0 saturated heterocycles. The highest BCUT2D eigenvalue weighted by Gasteiger charge is 2.31. The smallest absolute Gasteiger partial charge is 0.326 e. The third-order valence-electron chi connectivity index (χ3n) is 4.02. The van der Waals surface area contributed by atoms with Crippen LogP contribution in [-0.2, 0) is 24.0 Å². The molecule has 166 valence electrons. The number of hydrogen-bond acceptors (Lipinski definition) is 7. The fourth-order valence-corrected chi connectivity index (χ4v) is 2.44. The Morgan fingerprint density at radius 1 is 0.862 bits per heavy atom. The summed E-state index contributed by atoms with van der Waals surface area (Å²) in [5.74, 6) is -5.35. The van der Waals surface area contributed by atoms with Crippen LogP contribution in [0.15, 0.2) is 0 Å². The van der Waals surface area contributed by atoms with Crippen molar-refractivity contribution in [1.29, 1.82) is 0 Å². The molecule has 0 aromatic rings. The zero-order valence-electron chi connectivity index (χ0n) is 16.6. The van der Waals surface area contributed by atoms with Gasteiger partial charge in [-0.25, -0.2) is 4.79 Å². The fourth-order valence-electron chi connectivity index (χ4n) is 2.44. The van der Waals surface area contributed by atoms with E-state index in [2.05, 4.69) is 16.0 Å². The lowest BCUT2D eigenvalue weighted by Crippen LogP contribution is -2.57. The van der Waals surface area contributed by atoms with Crippen LogP contribution < -0.4 is 27.4 Å². The van der Waals surface area contributed by atoms with Gasteiger partial charge >= 0.3 is 11.9 Å². The van der Waals surface area contributed by atoms with Gasteiger partial charge in [-0.1, -0.05) is 13.8 Å². The molecule has 3 atom stereocenters. The molecule has 0 aliphatic carbocycles. The second-order valence-electron chi connectivity index (χ2n) is 6.84. The van der Waals surface area contributed by atoms with Gasteiger partial charge < -0.3 is 37.6 Å². The second kappa shape index (κ2) is 13.4. The second-order valence-corrected chi connectivity index (χ2v) is 6.84. The van der Waals surface area contributed by atoms with Gasteiger partial charge in [0.05, 0.1) is 13.0 Å². The summed E-state index contributed by atoms with van der Waals surface area (Å²) in [6.07, 6.45) is 0.353. The van der Waals surface area contributed by atoms with Crippen molar-refractivity contribution in [2.45, 2.75) is 57.7 Å². The van der Waals surface area contributed by atoms with E-state index in [0.29, 0.717) is 19.4 Å². The fraction of sp³-hybridized carbons (Fsp3) is 0.706. The minimum atomic E-state index is -1.52. The molecule has 9 N–H and O–H groups in total. The molecule has 0 rings (SSSR count). The number of amides is 3. The van der Waals surface area contributed by atoms with Crippen molar-refractivity contribution in [2.75, 3.05) is 13.1 Å². The number of carbonyl (C=O) groups is 5. The van der Waals surface area contributed by atoms with Gasteiger partial charge in [0.2, 0.25) is 17.7 Å². The number of nitrogens with one attached hydrogen (secondary N) is 3. The Balaban J connectivity index is 5.27. The highest BCUT2D eigenvalue weighted by Crippen LogP contribution is 2.06. The van der Waals surface area contributed by atoms with Crippen LogP contribution >= 0.6 is 0 Å². The number of carboxylic acid groups (broad SMARTS) is 2. The van der Waals surface area contributed by atoms with Gasteiger partial charge in [0.15, 0.2) is 0 Å². The lowest BCUT2D eigenvalue weighted by Gasteiger charge is -2.25. The number of rotatable bonds is 14. The van der Waals surface area contributed by atoms with Crippen LogP contribution in [0.25, 0.3) is 0 Å². The van der Waals surface area contributed by atoms with Crippen molar-refractivity contribution >= 4 is 29.7 Å². The summed E-state index contributed by atoms with van der Waals surface area (Å²) in [7, 11) is 0. The van der Waals surface area contributed by atoms with E-state index in [1.807, 2.05) is 0 Å². The molecule has 0 aromatic carbocycles. The molecule has 0 bridgehead atoms. The number of carbonyl (C=O) groups excluding carboxylic acids is 3. The van der Waals surface area contributed by atoms with Gasteiger partial charge in [0.1, 0.15) is 18.1 Å². The molecule has 0 saturated carbocycles. The summed E-state index contributed by atoms with van der Waals surface area (Å²) in [5, 5.41) is 25.2. The monoisotopic (exact) mass is 417 g/mol. The molecule has 0 radical (unpaired) electrons. The van der Waals surface area contributed by atoms with Gasteiger partial charge in [-0.3, -0.25) is 19.2 Å². The predicted molar refractivity (Wildman–Crippen MR) is 102 cm³/mol. The molecule has 0 aromatic heterocycles. The van der Waals surface area contributed by atoms with Crippen molar-refractivity contribution in [3.63, 3.8) is 0 Å². The van der Waals surface area contributed by atoms with Crippen LogP contribution in [0.3, 0.4) is 0 Å². The van der Waals surface area contributed by atoms with Crippen molar-refractivity contribution < 1.29 is 34.2 Å².